The fraction of sp³-hybridized carbons (Fsp3) is 0.778. The number of carbonyl (C=O) groups is 1. The van der Waals surface area contributed by atoms with E-state index in [1.54, 1.807) is 4.90 Å². The van der Waals surface area contributed by atoms with Crippen molar-refractivity contribution in [2.75, 3.05) is 26.7 Å². The highest BCUT2D eigenvalue weighted by Crippen LogP contribution is 2.07. The van der Waals surface area contributed by atoms with Gasteiger partial charge in [0.05, 0.1) is 6.07 Å². The first-order valence-corrected chi connectivity index (χ1v) is 4.62. The van der Waals surface area contributed by atoms with Crippen molar-refractivity contribution in [3.63, 3.8) is 0 Å². The van der Waals surface area contributed by atoms with Crippen LogP contribution in [0.5, 0.6) is 0 Å². The van der Waals surface area contributed by atoms with Crippen molar-refractivity contribution in [3.05, 3.63) is 0 Å². The standard InChI is InChI=1S/C9H15N3O/c1-11-7-8-12(9(11)13)6-4-2-3-5-10/h2-4,6-8H2,1H3. The molecule has 1 saturated heterocycles. The second kappa shape index (κ2) is 4.70. The first-order valence-electron chi connectivity index (χ1n) is 4.62. The van der Waals surface area contributed by atoms with Gasteiger partial charge in [0.15, 0.2) is 0 Å². The third-order valence-electron chi connectivity index (χ3n) is 2.27. The van der Waals surface area contributed by atoms with Crippen molar-refractivity contribution in [2.45, 2.75) is 19.3 Å². The number of nitrogens with zero attached hydrogens (tertiary/aromatic N) is 3. The van der Waals surface area contributed by atoms with Crippen LogP contribution in [-0.4, -0.2) is 42.5 Å². The number of urea groups is 1. The van der Waals surface area contributed by atoms with Gasteiger partial charge in [-0.15, -0.1) is 0 Å². The highest BCUT2D eigenvalue weighted by Gasteiger charge is 2.23. The summed E-state index contributed by atoms with van der Waals surface area (Å²) in [6, 6.07) is 2.22. The van der Waals surface area contributed by atoms with Gasteiger partial charge in [-0.1, -0.05) is 0 Å². The van der Waals surface area contributed by atoms with Gasteiger partial charge in [0.2, 0.25) is 0 Å². The Morgan fingerprint density at radius 2 is 2.23 bits per heavy atom. The van der Waals surface area contributed by atoms with Crippen molar-refractivity contribution >= 4 is 6.03 Å². The molecule has 1 aliphatic rings. The van der Waals surface area contributed by atoms with Crippen LogP contribution in [0.25, 0.3) is 0 Å². The number of hydrogen-bond donors (Lipinski definition) is 0. The lowest BCUT2D eigenvalue weighted by Crippen LogP contribution is -2.30. The summed E-state index contributed by atoms with van der Waals surface area (Å²) in [6.07, 6.45) is 2.43. The van der Waals surface area contributed by atoms with Crippen molar-refractivity contribution in [1.82, 2.24) is 9.80 Å². The minimum absolute atomic E-state index is 0.122. The highest BCUT2D eigenvalue weighted by atomic mass is 16.2. The zero-order valence-electron chi connectivity index (χ0n) is 7.99. The lowest BCUT2D eigenvalue weighted by molar-refractivity contribution is 0.198. The fourth-order valence-corrected chi connectivity index (χ4v) is 1.42. The lowest BCUT2D eigenvalue weighted by atomic mass is 10.2. The number of rotatable bonds is 4. The molecule has 0 unspecified atom stereocenters. The summed E-state index contributed by atoms with van der Waals surface area (Å²) >= 11 is 0. The molecule has 1 heterocycles. The Labute approximate surface area is 78.7 Å². The molecule has 0 aromatic heterocycles. The van der Waals surface area contributed by atoms with E-state index < -0.39 is 0 Å². The molecule has 1 aliphatic heterocycles. The van der Waals surface area contributed by atoms with E-state index in [4.69, 9.17) is 5.26 Å². The van der Waals surface area contributed by atoms with Crippen LogP contribution in [0.4, 0.5) is 4.79 Å². The van der Waals surface area contributed by atoms with Gasteiger partial charge in [0, 0.05) is 33.1 Å². The average Bonchev–Trinajstić information content (AvgIpc) is 2.43. The lowest BCUT2D eigenvalue weighted by Gasteiger charge is -2.14. The van der Waals surface area contributed by atoms with Gasteiger partial charge >= 0.3 is 6.03 Å². The highest BCUT2D eigenvalue weighted by molar-refractivity contribution is 5.76. The molecule has 0 aromatic carbocycles. The molecule has 4 heteroatoms. The van der Waals surface area contributed by atoms with Crippen LogP contribution in [0, 0.1) is 11.3 Å². The minimum Gasteiger partial charge on any atom is -0.326 e. The molecule has 0 saturated carbocycles. The SMILES string of the molecule is CN1CCN(CCCCC#N)C1=O. The van der Waals surface area contributed by atoms with Crippen LogP contribution in [0.2, 0.25) is 0 Å². The summed E-state index contributed by atoms with van der Waals surface area (Å²) in [5.41, 5.74) is 0. The first kappa shape index (κ1) is 9.85. The molecule has 0 aromatic rings. The van der Waals surface area contributed by atoms with E-state index in [0.29, 0.717) is 6.42 Å². The number of unbranched alkanes of at least 4 members (excludes halogenated alkanes) is 2. The number of nitriles is 1. The normalized spacial score (nSPS) is 16.5. The Hall–Kier alpha value is -1.24. The molecule has 2 amide bonds. The second-order valence-corrected chi connectivity index (χ2v) is 3.31. The number of hydrogen-bond acceptors (Lipinski definition) is 2. The predicted molar refractivity (Wildman–Crippen MR) is 49.1 cm³/mol. The molecule has 4 nitrogen and oxygen atoms in total. The maximum Gasteiger partial charge on any atom is 0.319 e. The third-order valence-corrected chi connectivity index (χ3v) is 2.27. The summed E-state index contributed by atoms with van der Waals surface area (Å²) in [5, 5.41) is 8.31. The summed E-state index contributed by atoms with van der Waals surface area (Å²) in [7, 11) is 1.82. The van der Waals surface area contributed by atoms with Crippen molar-refractivity contribution in [2.24, 2.45) is 0 Å². The van der Waals surface area contributed by atoms with Gasteiger partial charge in [-0.2, -0.15) is 5.26 Å². The zero-order chi connectivity index (χ0) is 9.68. The van der Waals surface area contributed by atoms with Crippen LogP contribution in [0.15, 0.2) is 0 Å². The number of amides is 2. The molecule has 0 spiro atoms. The van der Waals surface area contributed by atoms with Crippen molar-refractivity contribution in [1.29, 1.82) is 5.26 Å². The van der Waals surface area contributed by atoms with Crippen LogP contribution in [0.1, 0.15) is 19.3 Å². The van der Waals surface area contributed by atoms with E-state index >= 15 is 0 Å². The molecule has 0 N–H and O–H groups in total. The van der Waals surface area contributed by atoms with Crippen LogP contribution >= 0.6 is 0 Å². The van der Waals surface area contributed by atoms with Crippen LogP contribution in [-0.2, 0) is 0 Å². The van der Waals surface area contributed by atoms with Crippen molar-refractivity contribution in [3.8, 4) is 6.07 Å². The predicted octanol–water partition coefficient (Wildman–Crippen LogP) is 1.05. The van der Waals surface area contributed by atoms with Gasteiger partial charge in [0.25, 0.3) is 0 Å². The molecule has 1 fully saturated rings. The maximum atomic E-state index is 11.4. The summed E-state index contributed by atoms with van der Waals surface area (Å²) < 4.78 is 0. The number of likely N-dealkylation sites (N-methyl/N-ethyl adjacent to an activating group) is 1. The Kier molecular flexibility index (Phi) is 3.56. The fourth-order valence-electron chi connectivity index (χ4n) is 1.42. The third kappa shape index (κ3) is 2.62. The second-order valence-electron chi connectivity index (χ2n) is 3.31. The largest absolute Gasteiger partial charge is 0.326 e. The Morgan fingerprint density at radius 3 is 2.77 bits per heavy atom. The van der Waals surface area contributed by atoms with E-state index in [0.717, 1.165) is 32.5 Å². The van der Waals surface area contributed by atoms with Gasteiger partial charge < -0.3 is 9.80 Å². The molecule has 0 atom stereocenters. The zero-order valence-corrected chi connectivity index (χ0v) is 7.99. The summed E-state index contributed by atoms with van der Waals surface area (Å²) in [6.45, 7) is 2.46. The molecule has 0 radical (unpaired) electrons. The van der Waals surface area contributed by atoms with Gasteiger partial charge in [-0.25, -0.2) is 4.79 Å². The quantitative estimate of drug-likeness (QED) is 0.608. The van der Waals surface area contributed by atoms with E-state index in [1.165, 1.54) is 0 Å². The molecule has 13 heavy (non-hydrogen) atoms. The average molecular weight is 181 g/mol. The first-order chi connectivity index (χ1) is 6.25. The van der Waals surface area contributed by atoms with Crippen molar-refractivity contribution < 1.29 is 4.79 Å². The molecule has 1 rings (SSSR count). The van der Waals surface area contributed by atoms with E-state index in [1.807, 2.05) is 11.9 Å². The maximum absolute atomic E-state index is 11.4. The Morgan fingerprint density at radius 1 is 1.46 bits per heavy atom. The Balaban J connectivity index is 2.16. The van der Waals surface area contributed by atoms with Gasteiger partial charge in [0.1, 0.15) is 0 Å². The van der Waals surface area contributed by atoms with Gasteiger partial charge in [-0.3, -0.25) is 0 Å². The topological polar surface area (TPSA) is 47.3 Å². The molecule has 72 valence electrons. The minimum atomic E-state index is 0.122. The molecule has 0 bridgehead atoms. The molecule has 0 aliphatic carbocycles. The monoisotopic (exact) mass is 181 g/mol. The van der Waals surface area contributed by atoms with Gasteiger partial charge in [-0.05, 0) is 12.8 Å². The number of carbonyl (C=O) groups excluding carboxylic acids is 1. The Bertz CT molecular complexity index is 221. The molecular weight excluding hydrogens is 166 g/mol. The summed E-state index contributed by atoms with van der Waals surface area (Å²) in [5.74, 6) is 0. The molecular formula is C9H15N3O. The van der Waals surface area contributed by atoms with E-state index in [2.05, 4.69) is 6.07 Å². The van der Waals surface area contributed by atoms with Crippen LogP contribution < -0.4 is 0 Å². The van der Waals surface area contributed by atoms with E-state index in [9.17, 15) is 4.79 Å². The van der Waals surface area contributed by atoms with E-state index in [-0.39, 0.29) is 6.03 Å². The summed E-state index contributed by atoms with van der Waals surface area (Å²) in [4.78, 5) is 14.9. The smallest absolute Gasteiger partial charge is 0.319 e. The van der Waals surface area contributed by atoms with Crippen LogP contribution in [0.3, 0.4) is 0 Å².